The molecule has 0 unspecified atom stereocenters. The van der Waals surface area contributed by atoms with E-state index in [4.69, 9.17) is 21.6 Å². The van der Waals surface area contributed by atoms with Gasteiger partial charge in [0.25, 0.3) is 0 Å². The van der Waals surface area contributed by atoms with Crippen LogP contribution in [0.5, 0.6) is 5.75 Å². The lowest BCUT2D eigenvalue weighted by molar-refractivity contribution is 0.0389. The van der Waals surface area contributed by atoms with Crippen LogP contribution < -0.4 is 4.74 Å². The second kappa shape index (κ2) is 4.73. The van der Waals surface area contributed by atoms with Gasteiger partial charge in [0.15, 0.2) is 0 Å². The Balaban J connectivity index is 2.02. The van der Waals surface area contributed by atoms with Crippen molar-refractivity contribution in [2.24, 2.45) is 0 Å². The molecule has 16 heavy (non-hydrogen) atoms. The van der Waals surface area contributed by atoms with Crippen molar-refractivity contribution in [1.82, 2.24) is 4.90 Å². The fraction of sp³-hybridized carbons (Fsp3) is 0.417. The molecule has 3 nitrogen and oxygen atoms in total. The molecule has 1 heterocycles. The molecule has 0 saturated carbocycles. The van der Waals surface area contributed by atoms with E-state index < -0.39 is 0 Å². The Morgan fingerprint density at radius 3 is 2.88 bits per heavy atom. The molecule has 0 spiro atoms. The maximum atomic E-state index is 8.57. The predicted octanol–water partition coefficient (Wildman–Crippen LogP) is 2.10. The van der Waals surface area contributed by atoms with Gasteiger partial charge in [0.2, 0.25) is 0 Å². The van der Waals surface area contributed by atoms with Gasteiger partial charge in [-0.05, 0) is 24.7 Å². The fourth-order valence-corrected chi connectivity index (χ4v) is 1.98. The van der Waals surface area contributed by atoms with E-state index in [0.29, 0.717) is 17.2 Å². The molecule has 4 heteroatoms. The van der Waals surface area contributed by atoms with E-state index in [-0.39, 0.29) is 6.10 Å². The minimum Gasteiger partial charge on any atom is -0.486 e. The number of nitriles is 1. The Morgan fingerprint density at radius 1 is 1.56 bits per heavy atom. The van der Waals surface area contributed by atoms with Crippen LogP contribution in [-0.2, 0) is 6.42 Å². The summed E-state index contributed by atoms with van der Waals surface area (Å²) in [7, 11) is 2.05. The summed E-state index contributed by atoms with van der Waals surface area (Å²) >= 11 is 6.08. The number of nitrogens with zero attached hydrogens (tertiary/aromatic N) is 2. The molecule has 84 valence electrons. The molecule has 0 atom stereocenters. The Morgan fingerprint density at radius 2 is 2.31 bits per heavy atom. The Labute approximate surface area is 100 Å². The van der Waals surface area contributed by atoms with Gasteiger partial charge >= 0.3 is 0 Å². The third-order valence-corrected chi connectivity index (χ3v) is 2.90. The quantitative estimate of drug-likeness (QED) is 0.807. The van der Waals surface area contributed by atoms with Gasteiger partial charge in [-0.15, -0.1) is 0 Å². The molecule has 1 aromatic carbocycles. The predicted molar refractivity (Wildman–Crippen MR) is 62.7 cm³/mol. The van der Waals surface area contributed by atoms with E-state index >= 15 is 0 Å². The van der Waals surface area contributed by atoms with Crippen molar-refractivity contribution < 1.29 is 4.74 Å². The van der Waals surface area contributed by atoms with Crippen LogP contribution in [0, 0.1) is 11.3 Å². The Kier molecular flexibility index (Phi) is 3.33. The number of ether oxygens (including phenoxy) is 1. The van der Waals surface area contributed by atoms with E-state index in [1.165, 1.54) is 0 Å². The molecular weight excluding hydrogens is 224 g/mol. The van der Waals surface area contributed by atoms with Gasteiger partial charge in [0, 0.05) is 13.1 Å². The van der Waals surface area contributed by atoms with Crippen LogP contribution in [0.4, 0.5) is 0 Å². The van der Waals surface area contributed by atoms with Crippen molar-refractivity contribution in [2.45, 2.75) is 12.5 Å². The second-order valence-electron chi connectivity index (χ2n) is 4.06. The first-order valence-corrected chi connectivity index (χ1v) is 5.57. The van der Waals surface area contributed by atoms with Crippen molar-refractivity contribution in [1.29, 1.82) is 5.26 Å². The number of hydrogen-bond donors (Lipinski definition) is 0. The fourth-order valence-electron chi connectivity index (χ4n) is 1.74. The molecule has 0 aromatic heterocycles. The molecule has 2 rings (SSSR count). The standard InChI is InChI=1S/C12H13ClN2O/c1-15-7-10(8-15)16-12-3-2-9(4-5-14)6-11(12)13/h2-3,6,10H,4,7-8H2,1H3. The molecule has 0 aliphatic carbocycles. The van der Waals surface area contributed by atoms with Crippen LogP contribution in [0.1, 0.15) is 5.56 Å². The van der Waals surface area contributed by atoms with Crippen LogP contribution in [-0.4, -0.2) is 31.1 Å². The van der Waals surface area contributed by atoms with Crippen molar-refractivity contribution in [3.63, 3.8) is 0 Å². The highest BCUT2D eigenvalue weighted by atomic mass is 35.5. The summed E-state index contributed by atoms with van der Waals surface area (Å²) in [6.45, 7) is 1.88. The molecule has 0 N–H and O–H groups in total. The number of likely N-dealkylation sites (N-methyl/N-ethyl adjacent to an activating group) is 1. The van der Waals surface area contributed by atoms with Gasteiger partial charge in [0.1, 0.15) is 11.9 Å². The van der Waals surface area contributed by atoms with E-state index in [1.807, 2.05) is 12.1 Å². The summed E-state index contributed by atoms with van der Waals surface area (Å²) in [5, 5.41) is 9.16. The van der Waals surface area contributed by atoms with Gasteiger partial charge in [-0.2, -0.15) is 5.26 Å². The number of rotatable bonds is 3. The Hall–Kier alpha value is -1.24. The smallest absolute Gasteiger partial charge is 0.138 e. The topological polar surface area (TPSA) is 36.3 Å². The maximum absolute atomic E-state index is 8.57. The normalized spacial score (nSPS) is 16.6. The largest absolute Gasteiger partial charge is 0.486 e. The zero-order valence-corrected chi connectivity index (χ0v) is 9.87. The van der Waals surface area contributed by atoms with Gasteiger partial charge in [0.05, 0.1) is 17.5 Å². The molecule has 0 bridgehead atoms. The first-order valence-electron chi connectivity index (χ1n) is 5.19. The first-order chi connectivity index (χ1) is 7.69. The molecule has 1 saturated heterocycles. The number of benzene rings is 1. The lowest BCUT2D eigenvalue weighted by atomic mass is 10.1. The second-order valence-corrected chi connectivity index (χ2v) is 4.47. The van der Waals surface area contributed by atoms with Gasteiger partial charge < -0.3 is 4.74 Å². The third kappa shape index (κ3) is 2.46. The zero-order valence-electron chi connectivity index (χ0n) is 9.11. The first kappa shape index (κ1) is 11.3. The highest BCUT2D eigenvalue weighted by Gasteiger charge is 2.25. The number of likely N-dealkylation sites (tertiary alicyclic amines) is 1. The summed E-state index contributed by atoms with van der Waals surface area (Å²) in [5.41, 5.74) is 0.922. The summed E-state index contributed by atoms with van der Waals surface area (Å²) < 4.78 is 5.73. The van der Waals surface area contributed by atoms with E-state index in [0.717, 1.165) is 18.7 Å². The summed E-state index contributed by atoms with van der Waals surface area (Å²) in [4.78, 5) is 2.18. The number of halogens is 1. The SMILES string of the molecule is CN1CC(Oc2ccc(CC#N)cc2Cl)C1. The Bertz CT molecular complexity index is 422. The van der Waals surface area contributed by atoms with E-state index in [9.17, 15) is 0 Å². The third-order valence-electron chi connectivity index (χ3n) is 2.60. The minimum absolute atomic E-state index is 0.240. The molecular formula is C12H13ClN2O. The van der Waals surface area contributed by atoms with Crippen LogP contribution in [0.25, 0.3) is 0 Å². The van der Waals surface area contributed by atoms with Gasteiger partial charge in [-0.3, -0.25) is 4.90 Å². The maximum Gasteiger partial charge on any atom is 0.138 e. The van der Waals surface area contributed by atoms with Crippen molar-refractivity contribution in [2.75, 3.05) is 20.1 Å². The van der Waals surface area contributed by atoms with E-state index in [1.54, 1.807) is 6.07 Å². The molecule has 1 aromatic rings. The van der Waals surface area contributed by atoms with Crippen LogP contribution >= 0.6 is 11.6 Å². The average molecular weight is 237 g/mol. The van der Waals surface area contributed by atoms with Crippen LogP contribution in [0.3, 0.4) is 0 Å². The molecule has 1 aliphatic rings. The zero-order chi connectivity index (χ0) is 11.5. The van der Waals surface area contributed by atoms with E-state index in [2.05, 4.69) is 18.0 Å². The molecule has 1 fully saturated rings. The van der Waals surface area contributed by atoms with Gasteiger partial charge in [-0.1, -0.05) is 17.7 Å². The molecule has 0 amide bonds. The lowest BCUT2D eigenvalue weighted by Gasteiger charge is -2.36. The van der Waals surface area contributed by atoms with Crippen LogP contribution in [0.2, 0.25) is 5.02 Å². The highest BCUT2D eigenvalue weighted by Crippen LogP contribution is 2.27. The molecule has 0 radical (unpaired) electrons. The summed E-state index contributed by atoms with van der Waals surface area (Å²) in [6.07, 6.45) is 0.621. The van der Waals surface area contributed by atoms with Gasteiger partial charge in [-0.25, -0.2) is 0 Å². The molecule has 1 aliphatic heterocycles. The van der Waals surface area contributed by atoms with Crippen molar-refractivity contribution >= 4 is 11.6 Å². The highest BCUT2D eigenvalue weighted by molar-refractivity contribution is 6.32. The summed E-state index contributed by atoms with van der Waals surface area (Å²) in [6, 6.07) is 7.61. The minimum atomic E-state index is 0.240. The van der Waals surface area contributed by atoms with Crippen molar-refractivity contribution in [3.05, 3.63) is 28.8 Å². The lowest BCUT2D eigenvalue weighted by Crippen LogP contribution is -2.51. The average Bonchev–Trinajstić information content (AvgIpc) is 2.20. The summed E-state index contributed by atoms with van der Waals surface area (Å²) in [5.74, 6) is 0.710. The van der Waals surface area contributed by atoms with Crippen LogP contribution in [0.15, 0.2) is 18.2 Å². The van der Waals surface area contributed by atoms with Crippen molar-refractivity contribution in [3.8, 4) is 11.8 Å². The monoisotopic (exact) mass is 236 g/mol. The number of hydrogen-bond acceptors (Lipinski definition) is 3.